The van der Waals surface area contributed by atoms with Gasteiger partial charge in [-0.1, -0.05) is 19.3 Å². The number of ether oxygens (including phenoxy) is 1. The van der Waals surface area contributed by atoms with E-state index in [9.17, 15) is 19.8 Å². The molecule has 1 fully saturated rings. The number of carbonyl (C=O) groups is 2. The molecule has 7 heteroatoms. The molecule has 3 unspecified atom stereocenters. The molecule has 1 heterocycles. The van der Waals surface area contributed by atoms with Crippen molar-refractivity contribution in [1.29, 1.82) is 0 Å². The van der Waals surface area contributed by atoms with Gasteiger partial charge < -0.3 is 14.9 Å². The molecule has 0 saturated heterocycles. The first-order valence-corrected chi connectivity index (χ1v) is 11.0. The van der Waals surface area contributed by atoms with Crippen molar-refractivity contribution in [2.45, 2.75) is 68.8 Å². The van der Waals surface area contributed by atoms with E-state index in [0.717, 1.165) is 31.2 Å². The molecule has 2 rings (SSSR count). The third-order valence-corrected chi connectivity index (χ3v) is 6.93. The van der Waals surface area contributed by atoms with Crippen LogP contribution in [0.25, 0.3) is 0 Å². The summed E-state index contributed by atoms with van der Waals surface area (Å²) in [6.45, 7) is 1.71. The Labute approximate surface area is 171 Å². The molecule has 0 aromatic carbocycles. The average molecular weight is 410 g/mol. The van der Waals surface area contributed by atoms with E-state index < -0.39 is 12.2 Å². The van der Waals surface area contributed by atoms with Crippen LogP contribution in [0, 0.1) is 5.92 Å². The highest BCUT2D eigenvalue weighted by Gasteiger charge is 2.41. The molecule has 28 heavy (non-hydrogen) atoms. The fourth-order valence-corrected chi connectivity index (χ4v) is 5.12. The lowest BCUT2D eigenvalue weighted by Crippen LogP contribution is -2.25. The van der Waals surface area contributed by atoms with E-state index >= 15 is 0 Å². The molecule has 1 aromatic rings. The minimum absolute atomic E-state index is 0.123. The fraction of sp³-hybridized carbons (Fsp3) is 0.667. The molecular weight excluding hydrogens is 378 g/mol. The number of carbonyl (C=O) groups excluding carboxylic acids is 2. The van der Waals surface area contributed by atoms with Crippen molar-refractivity contribution in [1.82, 2.24) is 4.98 Å². The number of rotatable bonds is 11. The summed E-state index contributed by atoms with van der Waals surface area (Å²) < 4.78 is 4.94. The Kier molecular flexibility index (Phi) is 9.41. The lowest BCUT2D eigenvalue weighted by Gasteiger charge is -2.21. The van der Waals surface area contributed by atoms with Crippen molar-refractivity contribution < 1.29 is 24.5 Å². The predicted molar refractivity (Wildman–Crippen MR) is 109 cm³/mol. The predicted octanol–water partition coefficient (Wildman–Crippen LogP) is 2.72. The molecule has 0 bridgehead atoms. The van der Waals surface area contributed by atoms with Gasteiger partial charge in [0.25, 0.3) is 0 Å². The van der Waals surface area contributed by atoms with Gasteiger partial charge in [0.2, 0.25) is 0 Å². The number of pyridine rings is 1. The summed E-state index contributed by atoms with van der Waals surface area (Å²) in [5.74, 6) is -0.0274. The topological polar surface area (TPSA) is 96.7 Å². The van der Waals surface area contributed by atoms with Crippen LogP contribution in [-0.4, -0.2) is 57.3 Å². The van der Waals surface area contributed by atoms with E-state index in [1.165, 1.54) is 18.9 Å². The van der Waals surface area contributed by atoms with Crippen molar-refractivity contribution in [3.63, 3.8) is 0 Å². The zero-order valence-corrected chi connectivity index (χ0v) is 17.4. The summed E-state index contributed by atoms with van der Waals surface area (Å²) in [6, 6.07) is 3.67. The van der Waals surface area contributed by atoms with Gasteiger partial charge in [0, 0.05) is 35.7 Å². The van der Waals surface area contributed by atoms with Gasteiger partial charge in [-0.25, -0.2) is 0 Å². The van der Waals surface area contributed by atoms with E-state index in [1.807, 2.05) is 12.1 Å². The first-order valence-electron chi connectivity index (χ1n) is 9.92. The zero-order valence-electron chi connectivity index (χ0n) is 16.6. The number of Topliss-reactive ketones (excluding diaryl/α,β-unsaturated/α-hetero) is 1. The molecule has 0 radical (unpaired) electrons. The second kappa shape index (κ2) is 11.5. The van der Waals surface area contributed by atoms with Crippen molar-refractivity contribution in [2.75, 3.05) is 12.9 Å². The van der Waals surface area contributed by atoms with Crippen molar-refractivity contribution in [3.8, 4) is 0 Å². The summed E-state index contributed by atoms with van der Waals surface area (Å²) in [6.07, 6.45) is 6.58. The van der Waals surface area contributed by atoms with Gasteiger partial charge in [0.1, 0.15) is 5.78 Å². The molecule has 2 N–H and O–H groups in total. The zero-order chi connectivity index (χ0) is 20.5. The fourth-order valence-electron chi connectivity index (χ4n) is 3.78. The Morgan fingerprint density at radius 3 is 2.68 bits per heavy atom. The Bertz CT molecular complexity index is 624. The number of nitrogens with zero attached hydrogens (tertiary/aromatic N) is 1. The quantitative estimate of drug-likeness (QED) is 0.428. The van der Waals surface area contributed by atoms with Crippen molar-refractivity contribution in [2.24, 2.45) is 5.92 Å². The lowest BCUT2D eigenvalue weighted by molar-refractivity contribution is -0.142. The summed E-state index contributed by atoms with van der Waals surface area (Å²) >= 11 is 1.50. The number of ketones is 1. The monoisotopic (exact) mass is 409 g/mol. The number of thioether (sulfide) groups is 1. The van der Waals surface area contributed by atoms with Crippen LogP contribution in [0.15, 0.2) is 24.5 Å². The minimum Gasteiger partial charge on any atom is -0.469 e. The maximum absolute atomic E-state index is 12.2. The van der Waals surface area contributed by atoms with Crippen molar-refractivity contribution >= 4 is 23.5 Å². The lowest BCUT2D eigenvalue weighted by atomic mass is 9.92. The molecule has 1 aliphatic rings. The van der Waals surface area contributed by atoms with Crippen LogP contribution in [-0.2, 0) is 14.3 Å². The highest BCUT2D eigenvalue weighted by Crippen LogP contribution is 2.36. The highest BCUT2D eigenvalue weighted by molar-refractivity contribution is 8.00. The maximum Gasteiger partial charge on any atom is 0.313 e. The van der Waals surface area contributed by atoms with Crippen LogP contribution in [0.3, 0.4) is 0 Å². The van der Waals surface area contributed by atoms with E-state index in [-0.39, 0.29) is 35.3 Å². The van der Waals surface area contributed by atoms with Gasteiger partial charge in [-0.15, -0.1) is 0 Å². The van der Waals surface area contributed by atoms with Crippen LogP contribution >= 0.6 is 11.8 Å². The number of unbranched alkanes of at least 4 members (excludes halogenated alkanes) is 2. The normalized spacial score (nSPS) is 24.1. The number of aliphatic hydroxyl groups excluding tert-OH is 2. The van der Waals surface area contributed by atoms with Gasteiger partial charge in [-0.05, 0) is 37.5 Å². The van der Waals surface area contributed by atoms with E-state index in [4.69, 9.17) is 4.74 Å². The van der Waals surface area contributed by atoms with E-state index in [1.54, 1.807) is 19.3 Å². The number of hydrogen-bond acceptors (Lipinski definition) is 7. The molecular formula is C21H31NO5S. The maximum atomic E-state index is 12.2. The number of methoxy groups -OCH3 is 1. The van der Waals surface area contributed by atoms with E-state index in [2.05, 4.69) is 4.98 Å². The Balaban J connectivity index is 1.80. The number of aliphatic hydroxyl groups is 2. The summed E-state index contributed by atoms with van der Waals surface area (Å²) in [5.41, 5.74) is 0.908. The van der Waals surface area contributed by atoms with Crippen LogP contribution in [0.5, 0.6) is 0 Å². The van der Waals surface area contributed by atoms with Gasteiger partial charge >= 0.3 is 5.97 Å². The van der Waals surface area contributed by atoms with Crippen LogP contribution in [0.2, 0.25) is 0 Å². The molecule has 0 spiro atoms. The van der Waals surface area contributed by atoms with E-state index in [0.29, 0.717) is 12.2 Å². The molecule has 1 aliphatic carbocycles. The second-order valence-electron chi connectivity index (χ2n) is 7.49. The second-order valence-corrected chi connectivity index (χ2v) is 8.70. The SMILES string of the molecule is COC(=O)C(CCCCC[C@H]1C(=O)CC(O)[C@@H]1SCC(C)O)c1ccncc1. The molecule has 156 valence electrons. The van der Waals surface area contributed by atoms with Gasteiger partial charge in [-0.2, -0.15) is 11.8 Å². The average Bonchev–Trinajstić information content (AvgIpc) is 2.95. The molecule has 5 atom stereocenters. The molecule has 1 aromatic heterocycles. The summed E-state index contributed by atoms with van der Waals surface area (Å²) in [4.78, 5) is 28.3. The number of hydrogen-bond donors (Lipinski definition) is 2. The molecule has 0 aliphatic heterocycles. The first kappa shape index (κ1) is 22.8. The Hall–Kier alpha value is -1.44. The smallest absolute Gasteiger partial charge is 0.313 e. The first-order chi connectivity index (χ1) is 13.4. The summed E-state index contributed by atoms with van der Waals surface area (Å²) in [7, 11) is 1.40. The minimum atomic E-state index is -0.614. The highest BCUT2D eigenvalue weighted by atomic mass is 32.2. The van der Waals surface area contributed by atoms with Gasteiger partial charge in [-0.3, -0.25) is 14.6 Å². The number of esters is 1. The van der Waals surface area contributed by atoms with Gasteiger partial charge in [0.05, 0.1) is 25.2 Å². The van der Waals surface area contributed by atoms with Crippen molar-refractivity contribution in [3.05, 3.63) is 30.1 Å². The van der Waals surface area contributed by atoms with Gasteiger partial charge in [0.15, 0.2) is 0 Å². The molecule has 1 saturated carbocycles. The largest absolute Gasteiger partial charge is 0.469 e. The standard InChI is InChI=1S/C21H31NO5S/c1-14(23)13-28-20-17(18(24)12-19(20)25)7-5-3-4-6-16(21(26)27-2)15-8-10-22-11-9-15/h8-11,14,16-17,19-20,23,25H,3-7,12-13H2,1-2H3/t14?,16?,17-,19?,20+/m0/s1. The van der Waals surface area contributed by atoms with Crippen LogP contribution in [0.1, 0.15) is 56.9 Å². The third kappa shape index (κ3) is 6.57. The third-order valence-electron chi connectivity index (χ3n) is 5.23. The summed E-state index contributed by atoms with van der Waals surface area (Å²) in [5, 5.41) is 19.5. The van der Waals surface area contributed by atoms with Crippen LogP contribution < -0.4 is 0 Å². The Morgan fingerprint density at radius 2 is 2.04 bits per heavy atom. The van der Waals surface area contributed by atoms with Crippen LogP contribution in [0.4, 0.5) is 0 Å². The Morgan fingerprint density at radius 1 is 1.32 bits per heavy atom. The number of aromatic nitrogens is 1. The molecule has 6 nitrogen and oxygen atoms in total. The molecule has 0 amide bonds.